The number of aromatic nitrogens is 1. The molecule has 0 radical (unpaired) electrons. The first-order chi connectivity index (χ1) is 18.0. The zero-order valence-electron chi connectivity index (χ0n) is 21.1. The summed E-state index contributed by atoms with van der Waals surface area (Å²) >= 11 is 0. The quantitative estimate of drug-likeness (QED) is 0.469. The Hall–Kier alpha value is -4.00. The molecule has 7 heteroatoms. The van der Waals surface area contributed by atoms with E-state index in [2.05, 4.69) is 22.0 Å². The number of pyridine rings is 1. The van der Waals surface area contributed by atoms with Crippen LogP contribution < -0.4 is 4.90 Å². The van der Waals surface area contributed by atoms with Gasteiger partial charge in [0, 0.05) is 69.1 Å². The molecular formula is C30H32N4O3. The van der Waals surface area contributed by atoms with Crippen molar-refractivity contribution in [1.82, 2.24) is 14.8 Å². The van der Waals surface area contributed by atoms with Gasteiger partial charge < -0.3 is 9.80 Å². The van der Waals surface area contributed by atoms with Crippen molar-refractivity contribution in [3.05, 3.63) is 96.3 Å². The number of imide groups is 1. The maximum absolute atomic E-state index is 13.9. The minimum Gasteiger partial charge on any atom is -0.368 e. The molecule has 2 saturated heterocycles. The third-order valence-corrected chi connectivity index (χ3v) is 7.57. The number of hydrogen-bond acceptors (Lipinski definition) is 5. The van der Waals surface area contributed by atoms with Crippen molar-refractivity contribution in [2.24, 2.45) is 0 Å². The lowest BCUT2D eigenvalue weighted by molar-refractivity contribution is -0.143. The zero-order chi connectivity index (χ0) is 25.8. The lowest BCUT2D eigenvalue weighted by Gasteiger charge is -2.42. The van der Waals surface area contributed by atoms with Gasteiger partial charge in [-0.05, 0) is 36.8 Å². The molecule has 0 N–H and O–H groups in total. The number of para-hydroxylation sites is 1. The molecule has 3 heterocycles. The van der Waals surface area contributed by atoms with E-state index in [0.29, 0.717) is 13.0 Å². The number of amides is 3. The molecule has 2 atom stereocenters. The fraction of sp³-hybridized carbons (Fsp3) is 0.333. The van der Waals surface area contributed by atoms with Crippen LogP contribution in [-0.2, 0) is 26.2 Å². The van der Waals surface area contributed by atoms with Crippen molar-refractivity contribution >= 4 is 23.4 Å². The van der Waals surface area contributed by atoms with Crippen LogP contribution in [0.2, 0.25) is 0 Å². The van der Waals surface area contributed by atoms with Gasteiger partial charge in [0.2, 0.25) is 17.7 Å². The van der Waals surface area contributed by atoms with Crippen LogP contribution in [0, 0.1) is 0 Å². The van der Waals surface area contributed by atoms with Gasteiger partial charge in [0.1, 0.15) is 0 Å². The first-order valence-electron chi connectivity index (χ1n) is 12.9. The first-order valence-corrected chi connectivity index (χ1v) is 12.9. The molecule has 0 saturated carbocycles. The fourth-order valence-electron chi connectivity index (χ4n) is 5.58. The summed E-state index contributed by atoms with van der Waals surface area (Å²) in [6, 6.07) is 25.1. The third-order valence-electron chi connectivity index (χ3n) is 7.57. The Bertz CT molecular complexity index is 1250. The highest BCUT2D eigenvalue weighted by Crippen LogP contribution is 2.40. The van der Waals surface area contributed by atoms with E-state index in [-0.39, 0.29) is 43.1 Å². The normalized spacial score (nSPS) is 22.0. The lowest BCUT2D eigenvalue weighted by Crippen LogP contribution is -2.55. The van der Waals surface area contributed by atoms with Gasteiger partial charge in [-0.15, -0.1) is 0 Å². The zero-order valence-corrected chi connectivity index (χ0v) is 21.1. The summed E-state index contributed by atoms with van der Waals surface area (Å²) in [6.07, 6.45) is 2.17. The van der Waals surface area contributed by atoms with Crippen LogP contribution in [0.5, 0.6) is 0 Å². The second-order valence-electron chi connectivity index (χ2n) is 9.94. The Morgan fingerprint density at radius 3 is 2.32 bits per heavy atom. The molecule has 0 spiro atoms. The number of piperazine rings is 1. The molecule has 2 aliphatic rings. The highest BCUT2D eigenvalue weighted by atomic mass is 16.2. The molecule has 0 bridgehead atoms. The second-order valence-corrected chi connectivity index (χ2v) is 9.94. The summed E-state index contributed by atoms with van der Waals surface area (Å²) in [4.78, 5) is 50.6. The second kappa shape index (κ2) is 10.5. The Balaban J connectivity index is 1.35. The maximum Gasteiger partial charge on any atom is 0.240 e. The van der Waals surface area contributed by atoms with E-state index >= 15 is 0 Å². The number of likely N-dealkylation sites (tertiary alicyclic amines) is 1. The van der Waals surface area contributed by atoms with Gasteiger partial charge in [0.05, 0.1) is 5.41 Å². The van der Waals surface area contributed by atoms with Gasteiger partial charge in [-0.2, -0.15) is 0 Å². The Labute approximate surface area is 217 Å². The van der Waals surface area contributed by atoms with Gasteiger partial charge in [-0.3, -0.25) is 24.3 Å². The Morgan fingerprint density at radius 1 is 0.946 bits per heavy atom. The standard InChI is InChI=1S/C30H32N4O3/c1-23-22-32(26-13-6-3-7-14-26)18-19-33(23)27(35)20-30(24-10-4-2-5-11-24)21-28(36)34(29(30)37)17-15-25-12-8-9-16-31-25/h2-14,16,23H,15,17-22H2,1H3/t23-,30+/m0/s1. The van der Waals surface area contributed by atoms with Gasteiger partial charge >= 0.3 is 0 Å². The Morgan fingerprint density at radius 2 is 1.65 bits per heavy atom. The van der Waals surface area contributed by atoms with Gasteiger partial charge in [0.15, 0.2) is 0 Å². The molecular weight excluding hydrogens is 464 g/mol. The molecule has 5 rings (SSSR count). The fourth-order valence-corrected chi connectivity index (χ4v) is 5.58. The van der Waals surface area contributed by atoms with Crippen molar-refractivity contribution < 1.29 is 14.4 Å². The molecule has 37 heavy (non-hydrogen) atoms. The summed E-state index contributed by atoms with van der Waals surface area (Å²) in [7, 11) is 0. The van der Waals surface area contributed by atoms with E-state index in [0.717, 1.165) is 30.0 Å². The predicted octanol–water partition coefficient (Wildman–Crippen LogP) is 3.45. The molecule has 3 aromatic rings. The smallest absolute Gasteiger partial charge is 0.240 e. The summed E-state index contributed by atoms with van der Waals surface area (Å²) in [5, 5.41) is 0. The number of rotatable bonds is 7. The van der Waals surface area contributed by atoms with Crippen LogP contribution in [0.15, 0.2) is 85.1 Å². The minimum atomic E-state index is -1.18. The molecule has 7 nitrogen and oxygen atoms in total. The van der Waals surface area contributed by atoms with Crippen LogP contribution in [-0.4, -0.2) is 64.7 Å². The van der Waals surface area contributed by atoms with E-state index < -0.39 is 5.41 Å². The molecule has 190 valence electrons. The van der Waals surface area contributed by atoms with Gasteiger partial charge in [0.25, 0.3) is 0 Å². The van der Waals surface area contributed by atoms with Crippen LogP contribution >= 0.6 is 0 Å². The van der Waals surface area contributed by atoms with Crippen LogP contribution in [0.1, 0.15) is 31.0 Å². The SMILES string of the molecule is C[C@H]1CN(c2ccccc2)CCN1C(=O)C[C@]1(c2ccccc2)CC(=O)N(CCc2ccccn2)C1=O. The number of hydrogen-bond donors (Lipinski definition) is 0. The van der Waals surface area contributed by atoms with E-state index in [4.69, 9.17) is 0 Å². The lowest BCUT2D eigenvalue weighted by atomic mass is 9.75. The van der Waals surface area contributed by atoms with Crippen LogP contribution in [0.3, 0.4) is 0 Å². The van der Waals surface area contributed by atoms with Crippen molar-refractivity contribution in [1.29, 1.82) is 0 Å². The molecule has 1 aromatic heterocycles. The van der Waals surface area contributed by atoms with Crippen molar-refractivity contribution in [2.75, 3.05) is 31.1 Å². The summed E-state index contributed by atoms with van der Waals surface area (Å²) in [5.41, 5.74) is 1.50. The van der Waals surface area contributed by atoms with Crippen LogP contribution in [0.4, 0.5) is 5.69 Å². The van der Waals surface area contributed by atoms with E-state index in [1.54, 1.807) is 6.20 Å². The van der Waals surface area contributed by atoms with Crippen LogP contribution in [0.25, 0.3) is 0 Å². The van der Waals surface area contributed by atoms with Gasteiger partial charge in [-0.1, -0.05) is 54.6 Å². The summed E-state index contributed by atoms with van der Waals surface area (Å²) < 4.78 is 0. The third kappa shape index (κ3) is 4.99. The van der Waals surface area contributed by atoms with Gasteiger partial charge in [-0.25, -0.2) is 0 Å². The number of carbonyl (C=O) groups is 3. The minimum absolute atomic E-state index is 0.00215. The average molecular weight is 497 g/mol. The molecule has 3 amide bonds. The van der Waals surface area contributed by atoms with E-state index in [1.165, 1.54) is 4.90 Å². The Kier molecular flexibility index (Phi) is 7.04. The highest BCUT2D eigenvalue weighted by molar-refractivity contribution is 6.10. The number of nitrogens with zero attached hydrogens (tertiary/aromatic N) is 4. The van der Waals surface area contributed by atoms with Crippen molar-refractivity contribution in [2.45, 2.75) is 37.6 Å². The molecule has 2 fully saturated rings. The summed E-state index contributed by atoms with van der Waals surface area (Å²) in [6.45, 7) is 4.32. The van der Waals surface area contributed by atoms with E-state index in [9.17, 15) is 14.4 Å². The monoisotopic (exact) mass is 496 g/mol. The van der Waals surface area contributed by atoms with Crippen molar-refractivity contribution in [3.8, 4) is 0 Å². The summed E-state index contributed by atoms with van der Waals surface area (Å²) in [5.74, 6) is -0.611. The topological polar surface area (TPSA) is 73.8 Å². The van der Waals surface area contributed by atoms with E-state index in [1.807, 2.05) is 78.6 Å². The molecule has 0 unspecified atom stereocenters. The highest BCUT2D eigenvalue weighted by Gasteiger charge is 2.54. The number of benzene rings is 2. The molecule has 0 aliphatic carbocycles. The molecule has 2 aromatic carbocycles. The molecule has 2 aliphatic heterocycles. The maximum atomic E-state index is 13.9. The number of anilines is 1. The largest absolute Gasteiger partial charge is 0.368 e. The average Bonchev–Trinajstić information content (AvgIpc) is 3.17. The van der Waals surface area contributed by atoms with Crippen molar-refractivity contribution in [3.63, 3.8) is 0 Å². The predicted molar refractivity (Wildman–Crippen MR) is 142 cm³/mol. The number of carbonyl (C=O) groups excluding carboxylic acids is 3. The first kappa shape index (κ1) is 24.7.